The quantitative estimate of drug-likeness (QED) is 0.718. The zero-order valence-corrected chi connectivity index (χ0v) is 13.6. The Morgan fingerprint density at radius 3 is 2.92 bits per heavy atom. The Morgan fingerprint density at radius 1 is 1.28 bits per heavy atom. The summed E-state index contributed by atoms with van der Waals surface area (Å²) >= 11 is 0. The third kappa shape index (κ3) is 3.95. The maximum absolute atomic E-state index is 12.6. The van der Waals surface area contributed by atoms with Crippen molar-refractivity contribution in [3.8, 4) is 5.75 Å². The van der Waals surface area contributed by atoms with Gasteiger partial charge in [0.15, 0.2) is 6.61 Å². The van der Waals surface area contributed by atoms with Crippen LogP contribution in [0.5, 0.6) is 5.75 Å². The highest BCUT2D eigenvalue weighted by atomic mass is 16.5. The van der Waals surface area contributed by atoms with Crippen molar-refractivity contribution < 1.29 is 19.4 Å². The summed E-state index contributed by atoms with van der Waals surface area (Å²) in [6.45, 7) is -0.0358. The predicted octanol–water partition coefficient (Wildman–Crippen LogP) is 2.30. The van der Waals surface area contributed by atoms with Crippen LogP contribution in [-0.4, -0.2) is 45.5 Å². The number of nitrogens with one attached hydrogen (secondary N) is 1. The molecule has 0 saturated heterocycles. The molecule has 128 valence electrons. The molecule has 7 heteroatoms. The molecule has 2 heterocycles. The highest BCUT2D eigenvalue weighted by Gasteiger charge is 2.14. The van der Waals surface area contributed by atoms with Crippen LogP contribution in [0.2, 0.25) is 0 Å². The number of carbonyl (C=O) groups excluding carboxylic acids is 1. The molecule has 0 aliphatic carbocycles. The number of fused-ring (bicyclic) bond motifs is 1. The van der Waals surface area contributed by atoms with Crippen LogP contribution in [-0.2, 0) is 11.3 Å². The maximum atomic E-state index is 12.6. The van der Waals surface area contributed by atoms with Gasteiger partial charge in [0.2, 0.25) is 0 Å². The van der Waals surface area contributed by atoms with Crippen molar-refractivity contribution in [3.63, 3.8) is 0 Å². The molecule has 3 aromatic rings. The number of ether oxygens (including phenoxy) is 1. The minimum absolute atomic E-state index is 0.152. The summed E-state index contributed by atoms with van der Waals surface area (Å²) in [5, 5.41) is 8.66. The monoisotopic (exact) mass is 339 g/mol. The molecule has 0 fully saturated rings. The van der Waals surface area contributed by atoms with Crippen LogP contribution in [0.25, 0.3) is 11.0 Å². The average Bonchev–Trinajstić information content (AvgIpc) is 3.07. The van der Waals surface area contributed by atoms with Crippen molar-refractivity contribution in [3.05, 3.63) is 59.9 Å². The second-order valence-corrected chi connectivity index (χ2v) is 5.63. The number of hydrogen-bond acceptors (Lipinski definition) is 4. The van der Waals surface area contributed by atoms with E-state index in [1.54, 1.807) is 48.6 Å². The van der Waals surface area contributed by atoms with Crippen LogP contribution >= 0.6 is 0 Å². The molecule has 0 atom stereocenters. The number of aliphatic carboxylic acids is 1. The fourth-order valence-electron chi connectivity index (χ4n) is 2.50. The first kappa shape index (κ1) is 16.5. The van der Waals surface area contributed by atoms with Gasteiger partial charge in [-0.05, 0) is 29.8 Å². The van der Waals surface area contributed by atoms with Gasteiger partial charge in [-0.1, -0.05) is 12.1 Å². The number of carboxylic acids is 1. The number of pyridine rings is 1. The lowest BCUT2D eigenvalue weighted by Crippen LogP contribution is -2.26. The highest BCUT2D eigenvalue weighted by molar-refractivity contribution is 5.96. The lowest BCUT2D eigenvalue weighted by atomic mass is 10.2. The maximum Gasteiger partial charge on any atom is 0.341 e. The zero-order chi connectivity index (χ0) is 17.8. The van der Waals surface area contributed by atoms with E-state index < -0.39 is 12.6 Å². The van der Waals surface area contributed by atoms with E-state index in [0.717, 1.165) is 16.6 Å². The van der Waals surface area contributed by atoms with Gasteiger partial charge in [0.1, 0.15) is 5.75 Å². The Hall–Kier alpha value is -3.35. The number of rotatable bonds is 6. The second-order valence-electron chi connectivity index (χ2n) is 5.63. The molecule has 0 aliphatic rings. The van der Waals surface area contributed by atoms with E-state index in [1.165, 1.54) is 0 Å². The molecule has 1 aromatic carbocycles. The third-order valence-electron chi connectivity index (χ3n) is 3.67. The number of aromatic amines is 1. The van der Waals surface area contributed by atoms with E-state index in [4.69, 9.17) is 9.84 Å². The summed E-state index contributed by atoms with van der Waals surface area (Å²) in [7, 11) is 1.70. The fraction of sp³-hybridized carbons (Fsp3) is 0.167. The summed E-state index contributed by atoms with van der Waals surface area (Å²) in [5.74, 6) is -0.735. The van der Waals surface area contributed by atoms with Crippen molar-refractivity contribution in [2.24, 2.45) is 0 Å². The van der Waals surface area contributed by atoms with E-state index in [2.05, 4.69) is 9.97 Å². The standard InChI is InChI=1S/C18H17N3O4/c1-21(10-12-3-2-4-14(7-12)25-11-17(22)23)18(24)13-8-16-15(20-9-13)5-6-19-16/h2-9,19H,10-11H2,1H3,(H,22,23). The predicted molar refractivity (Wildman–Crippen MR) is 91.5 cm³/mol. The van der Waals surface area contributed by atoms with Crippen molar-refractivity contribution in [1.82, 2.24) is 14.9 Å². The molecule has 7 nitrogen and oxygen atoms in total. The minimum atomic E-state index is -1.04. The molecule has 3 rings (SSSR count). The molecular formula is C18H17N3O4. The van der Waals surface area contributed by atoms with Crippen LogP contribution in [0, 0.1) is 0 Å². The van der Waals surface area contributed by atoms with Crippen molar-refractivity contribution >= 4 is 22.9 Å². The lowest BCUT2D eigenvalue weighted by molar-refractivity contribution is -0.139. The number of nitrogens with zero attached hydrogens (tertiary/aromatic N) is 2. The van der Waals surface area contributed by atoms with Crippen LogP contribution in [0.3, 0.4) is 0 Å². The molecule has 0 unspecified atom stereocenters. The van der Waals surface area contributed by atoms with E-state index in [0.29, 0.717) is 17.9 Å². The van der Waals surface area contributed by atoms with Gasteiger partial charge in [-0.2, -0.15) is 0 Å². The minimum Gasteiger partial charge on any atom is -0.482 e. The summed E-state index contributed by atoms with van der Waals surface area (Å²) in [6, 6.07) is 10.6. The Kier molecular flexibility index (Phi) is 4.65. The van der Waals surface area contributed by atoms with E-state index in [-0.39, 0.29) is 5.91 Å². The molecule has 0 spiro atoms. The van der Waals surface area contributed by atoms with Crippen LogP contribution in [0.4, 0.5) is 0 Å². The van der Waals surface area contributed by atoms with Gasteiger partial charge in [-0.25, -0.2) is 4.79 Å². The normalized spacial score (nSPS) is 10.6. The van der Waals surface area contributed by atoms with Gasteiger partial charge in [0, 0.05) is 26.0 Å². The first-order valence-corrected chi connectivity index (χ1v) is 7.65. The number of benzene rings is 1. The Bertz CT molecular complexity index is 919. The molecule has 2 aromatic heterocycles. The summed E-state index contributed by atoms with van der Waals surface area (Å²) in [5.41, 5.74) is 2.95. The smallest absolute Gasteiger partial charge is 0.341 e. The van der Waals surface area contributed by atoms with Gasteiger partial charge in [-0.3, -0.25) is 9.78 Å². The Morgan fingerprint density at radius 2 is 2.12 bits per heavy atom. The Labute approximate surface area is 143 Å². The number of hydrogen-bond donors (Lipinski definition) is 2. The third-order valence-corrected chi connectivity index (χ3v) is 3.67. The van der Waals surface area contributed by atoms with Crippen molar-refractivity contribution in [1.29, 1.82) is 0 Å². The summed E-state index contributed by atoms with van der Waals surface area (Å²) in [6.07, 6.45) is 3.33. The average molecular weight is 339 g/mol. The Balaban J connectivity index is 1.70. The number of carboxylic acid groups (broad SMARTS) is 1. The SMILES string of the molecule is CN(Cc1cccc(OCC(=O)O)c1)C(=O)c1cnc2cc[nH]c2c1. The molecule has 0 aliphatic heterocycles. The first-order chi connectivity index (χ1) is 12.0. The molecule has 0 bridgehead atoms. The summed E-state index contributed by atoms with van der Waals surface area (Å²) in [4.78, 5) is 32.0. The van der Waals surface area contributed by atoms with Gasteiger partial charge < -0.3 is 19.7 Å². The number of H-pyrrole nitrogens is 1. The fourth-order valence-corrected chi connectivity index (χ4v) is 2.50. The van der Waals surface area contributed by atoms with Gasteiger partial charge in [0.25, 0.3) is 5.91 Å². The van der Waals surface area contributed by atoms with E-state index in [1.807, 2.05) is 12.1 Å². The molecular weight excluding hydrogens is 322 g/mol. The van der Waals surface area contributed by atoms with Crippen LogP contribution in [0.15, 0.2) is 48.8 Å². The van der Waals surface area contributed by atoms with Crippen LogP contribution in [0.1, 0.15) is 15.9 Å². The van der Waals surface area contributed by atoms with Gasteiger partial charge >= 0.3 is 5.97 Å². The molecule has 1 amide bonds. The van der Waals surface area contributed by atoms with Crippen LogP contribution < -0.4 is 4.74 Å². The van der Waals surface area contributed by atoms with Crippen molar-refractivity contribution in [2.45, 2.75) is 6.54 Å². The number of carbonyl (C=O) groups is 2. The molecule has 2 N–H and O–H groups in total. The molecule has 0 radical (unpaired) electrons. The summed E-state index contributed by atoms with van der Waals surface area (Å²) < 4.78 is 5.16. The lowest BCUT2D eigenvalue weighted by Gasteiger charge is -2.17. The topological polar surface area (TPSA) is 95.5 Å². The largest absolute Gasteiger partial charge is 0.482 e. The van der Waals surface area contributed by atoms with E-state index in [9.17, 15) is 9.59 Å². The van der Waals surface area contributed by atoms with Crippen molar-refractivity contribution in [2.75, 3.05) is 13.7 Å². The highest BCUT2D eigenvalue weighted by Crippen LogP contribution is 2.17. The second kappa shape index (κ2) is 7.04. The number of aromatic nitrogens is 2. The first-order valence-electron chi connectivity index (χ1n) is 7.65. The molecule has 0 saturated carbocycles. The zero-order valence-electron chi connectivity index (χ0n) is 13.6. The van der Waals surface area contributed by atoms with Gasteiger partial charge in [0.05, 0.1) is 16.6 Å². The van der Waals surface area contributed by atoms with Gasteiger partial charge in [-0.15, -0.1) is 0 Å². The number of amides is 1. The molecule has 25 heavy (non-hydrogen) atoms. The van der Waals surface area contributed by atoms with E-state index >= 15 is 0 Å².